The van der Waals surface area contributed by atoms with Gasteiger partial charge in [-0.2, -0.15) is 0 Å². The highest BCUT2D eigenvalue weighted by Gasteiger charge is 2.42. The maximum atomic E-state index is 13.2. The van der Waals surface area contributed by atoms with Crippen LogP contribution >= 0.6 is 0 Å². The quantitative estimate of drug-likeness (QED) is 0.753. The maximum absolute atomic E-state index is 13.2. The van der Waals surface area contributed by atoms with Gasteiger partial charge in [0, 0.05) is 13.0 Å². The van der Waals surface area contributed by atoms with E-state index in [1.54, 1.807) is 17.0 Å². The number of hydrogen-bond acceptors (Lipinski definition) is 3. The Morgan fingerprint density at radius 1 is 1.00 bits per heavy atom. The van der Waals surface area contributed by atoms with Gasteiger partial charge in [-0.1, -0.05) is 42.5 Å². The van der Waals surface area contributed by atoms with Crippen molar-refractivity contribution in [2.75, 3.05) is 27.2 Å². The van der Waals surface area contributed by atoms with Crippen molar-refractivity contribution in [2.24, 2.45) is 0 Å². The van der Waals surface area contributed by atoms with E-state index in [-0.39, 0.29) is 17.1 Å². The van der Waals surface area contributed by atoms with Gasteiger partial charge < -0.3 is 14.2 Å². The van der Waals surface area contributed by atoms with E-state index in [1.807, 2.05) is 42.5 Å². The molecule has 1 amide bonds. The average Bonchev–Trinajstić information content (AvgIpc) is 2.95. The summed E-state index contributed by atoms with van der Waals surface area (Å²) in [7, 11) is 4.18. The first-order valence-corrected chi connectivity index (χ1v) is 9.28. The van der Waals surface area contributed by atoms with Crippen LogP contribution in [0.1, 0.15) is 34.1 Å². The number of carbonyl (C=O) groups is 1. The number of carbonyl (C=O) groups excluding carboxylic acids is 1. The monoisotopic (exact) mass is 363 g/mol. The number of quaternary nitrogens is 1. The zero-order chi connectivity index (χ0) is 19.0. The smallest absolute Gasteiger partial charge is 0.290 e. The summed E-state index contributed by atoms with van der Waals surface area (Å²) in [6, 6.07) is 16.5. The van der Waals surface area contributed by atoms with Crippen molar-refractivity contribution in [3.05, 3.63) is 81.7 Å². The molecule has 138 valence electrons. The first-order chi connectivity index (χ1) is 13.1. The lowest BCUT2D eigenvalue weighted by molar-refractivity contribution is -0.858. The molecule has 4 rings (SSSR count). The molecule has 0 unspecified atom stereocenters. The lowest BCUT2D eigenvalue weighted by Crippen LogP contribution is -3.05. The van der Waals surface area contributed by atoms with Crippen LogP contribution in [-0.4, -0.2) is 38.0 Å². The summed E-state index contributed by atoms with van der Waals surface area (Å²) in [5.41, 5.74) is 1.74. The second-order valence-corrected chi connectivity index (χ2v) is 7.29. The van der Waals surface area contributed by atoms with Crippen molar-refractivity contribution < 1.29 is 14.1 Å². The van der Waals surface area contributed by atoms with Gasteiger partial charge in [0.1, 0.15) is 5.58 Å². The van der Waals surface area contributed by atoms with Crippen LogP contribution in [-0.2, 0) is 0 Å². The van der Waals surface area contributed by atoms with Crippen molar-refractivity contribution in [1.29, 1.82) is 0 Å². The fraction of sp³-hybridized carbons (Fsp3) is 0.273. The lowest BCUT2D eigenvalue weighted by Gasteiger charge is -2.25. The molecule has 27 heavy (non-hydrogen) atoms. The van der Waals surface area contributed by atoms with Gasteiger partial charge in [-0.15, -0.1) is 0 Å². The number of fused-ring (bicyclic) bond motifs is 2. The predicted octanol–water partition coefficient (Wildman–Crippen LogP) is 1.87. The van der Waals surface area contributed by atoms with Gasteiger partial charge in [-0.3, -0.25) is 9.59 Å². The van der Waals surface area contributed by atoms with Crippen molar-refractivity contribution in [2.45, 2.75) is 12.5 Å². The Morgan fingerprint density at radius 3 is 2.44 bits per heavy atom. The molecule has 0 fully saturated rings. The van der Waals surface area contributed by atoms with Crippen LogP contribution in [0, 0.1) is 0 Å². The van der Waals surface area contributed by atoms with Crippen LogP contribution in [0.25, 0.3) is 11.0 Å². The van der Waals surface area contributed by atoms with Gasteiger partial charge in [-0.25, -0.2) is 0 Å². The van der Waals surface area contributed by atoms with E-state index in [0.717, 1.165) is 18.5 Å². The second kappa shape index (κ2) is 7.00. The number of benzene rings is 2. The van der Waals surface area contributed by atoms with Crippen molar-refractivity contribution >= 4 is 16.9 Å². The molecule has 5 heteroatoms. The topological polar surface area (TPSA) is 55.0 Å². The highest BCUT2D eigenvalue weighted by atomic mass is 16.3. The summed E-state index contributed by atoms with van der Waals surface area (Å²) < 4.78 is 5.91. The number of hydrogen-bond donors (Lipinski definition) is 1. The SMILES string of the molecule is C[NH+](C)CCCN1C(=O)c2oc3ccccc3c(=O)c2[C@H]1c1ccccc1. The third kappa shape index (κ3) is 3.04. The molecule has 1 aliphatic rings. The molecule has 0 spiro atoms. The molecule has 2 heterocycles. The Bertz CT molecular complexity index is 1040. The summed E-state index contributed by atoms with van der Waals surface area (Å²) in [4.78, 5) is 29.5. The Balaban J connectivity index is 1.86. The second-order valence-electron chi connectivity index (χ2n) is 7.29. The highest BCUT2D eigenvalue weighted by molar-refractivity contribution is 5.99. The van der Waals surface area contributed by atoms with E-state index in [1.165, 1.54) is 4.90 Å². The van der Waals surface area contributed by atoms with Gasteiger partial charge in [0.05, 0.1) is 37.6 Å². The van der Waals surface area contributed by atoms with E-state index in [0.29, 0.717) is 23.1 Å². The van der Waals surface area contributed by atoms with Crippen LogP contribution in [0.3, 0.4) is 0 Å². The molecule has 0 saturated carbocycles. The number of para-hydroxylation sites is 1. The normalized spacial score (nSPS) is 16.3. The molecule has 1 aliphatic heterocycles. The van der Waals surface area contributed by atoms with Gasteiger partial charge in [0.2, 0.25) is 5.76 Å². The molecule has 3 aromatic rings. The molecule has 0 radical (unpaired) electrons. The first-order valence-electron chi connectivity index (χ1n) is 9.28. The molecule has 0 aliphatic carbocycles. The summed E-state index contributed by atoms with van der Waals surface area (Å²) >= 11 is 0. The van der Waals surface area contributed by atoms with Crippen molar-refractivity contribution in [3.63, 3.8) is 0 Å². The fourth-order valence-electron chi connectivity index (χ4n) is 3.78. The minimum absolute atomic E-state index is 0.116. The van der Waals surface area contributed by atoms with Crippen LogP contribution < -0.4 is 10.3 Å². The molecular weight excluding hydrogens is 340 g/mol. The Morgan fingerprint density at radius 2 is 1.70 bits per heavy atom. The molecule has 1 N–H and O–H groups in total. The molecule has 1 atom stereocenters. The molecule has 0 saturated heterocycles. The molecular formula is C22H23N2O3+. The summed E-state index contributed by atoms with van der Waals surface area (Å²) in [5, 5.41) is 0.518. The minimum Gasteiger partial charge on any atom is -0.450 e. The van der Waals surface area contributed by atoms with Gasteiger partial charge in [0.15, 0.2) is 5.43 Å². The summed E-state index contributed by atoms with van der Waals surface area (Å²) in [6.45, 7) is 1.54. The Kier molecular flexibility index (Phi) is 4.54. The zero-order valence-electron chi connectivity index (χ0n) is 15.6. The standard InChI is InChI=1S/C22H22N2O3/c1-23(2)13-8-14-24-19(15-9-4-3-5-10-15)18-20(25)16-11-6-7-12-17(16)27-21(18)22(24)26/h3-7,9-12,19H,8,13-14H2,1-2H3/p+1/t19-/m1/s1. The predicted molar refractivity (Wildman–Crippen MR) is 104 cm³/mol. The third-order valence-electron chi connectivity index (χ3n) is 5.06. The van der Waals surface area contributed by atoms with Crippen LogP contribution in [0.15, 0.2) is 63.8 Å². The van der Waals surface area contributed by atoms with E-state index in [2.05, 4.69) is 14.1 Å². The molecule has 2 aromatic carbocycles. The minimum atomic E-state index is -0.397. The number of amides is 1. The van der Waals surface area contributed by atoms with E-state index in [9.17, 15) is 9.59 Å². The largest absolute Gasteiger partial charge is 0.450 e. The van der Waals surface area contributed by atoms with Crippen LogP contribution in [0.5, 0.6) is 0 Å². The number of nitrogens with zero attached hydrogens (tertiary/aromatic N) is 1. The third-order valence-corrected chi connectivity index (χ3v) is 5.06. The van der Waals surface area contributed by atoms with E-state index < -0.39 is 6.04 Å². The summed E-state index contributed by atoms with van der Waals surface area (Å²) in [6.07, 6.45) is 0.860. The van der Waals surface area contributed by atoms with Crippen LogP contribution in [0.4, 0.5) is 0 Å². The van der Waals surface area contributed by atoms with Crippen LogP contribution in [0.2, 0.25) is 0 Å². The fourth-order valence-corrected chi connectivity index (χ4v) is 3.78. The van der Waals surface area contributed by atoms with E-state index in [4.69, 9.17) is 4.42 Å². The van der Waals surface area contributed by atoms with Crippen molar-refractivity contribution in [1.82, 2.24) is 4.90 Å². The molecule has 0 bridgehead atoms. The van der Waals surface area contributed by atoms with Gasteiger partial charge in [-0.05, 0) is 17.7 Å². The average molecular weight is 363 g/mol. The van der Waals surface area contributed by atoms with Gasteiger partial charge in [0.25, 0.3) is 5.91 Å². The van der Waals surface area contributed by atoms with Gasteiger partial charge >= 0.3 is 0 Å². The highest BCUT2D eigenvalue weighted by Crippen LogP contribution is 2.37. The molecule has 5 nitrogen and oxygen atoms in total. The summed E-state index contributed by atoms with van der Waals surface area (Å²) in [5.74, 6) is -0.0137. The number of nitrogens with one attached hydrogen (secondary N) is 1. The zero-order valence-corrected chi connectivity index (χ0v) is 15.6. The Labute approximate surface area is 157 Å². The maximum Gasteiger partial charge on any atom is 0.290 e. The Hall–Kier alpha value is -2.92. The first kappa shape index (κ1) is 17.5. The lowest BCUT2D eigenvalue weighted by atomic mass is 9.98. The van der Waals surface area contributed by atoms with Crippen molar-refractivity contribution in [3.8, 4) is 0 Å². The van der Waals surface area contributed by atoms with E-state index >= 15 is 0 Å². The molecule has 1 aromatic heterocycles. The number of rotatable bonds is 5.